The van der Waals surface area contributed by atoms with Crippen molar-refractivity contribution in [3.8, 4) is 11.5 Å². The summed E-state index contributed by atoms with van der Waals surface area (Å²) in [6.45, 7) is 4.05. The van der Waals surface area contributed by atoms with Crippen LogP contribution < -0.4 is 10.6 Å². The van der Waals surface area contributed by atoms with Gasteiger partial charge in [0.05, 0.1) is 0 Å². The Morgan fingerprint density at radius 3 is 2.22 bits per heavy atom. The largest absolute Gasteiger partial charge is 0.433 e. The van der Waals surface area contributed by atoms with Crippen molar-refractivity contribution in [3.63, 3.8) is 0 Å². The predicted octanol–water partition coefficient (Wildman–Crippen LogP) is 5.21. The predicted molar refractivity (Wildman–Crippen MR) is 117 cm³/mol. The Kier molecular flexibility index (Phi) is 6.25. The monoisotopic (exact) mass is 442 g/mol. The molecule has 0 bridgehead atoms. The summed E-state index contributed by atoms with van der Waals surface area (Å²) in [7, 11) is 0. The number of nitrogens with zero attached hydrogens (tertiary/aromatic N) is 4. The van der Waals surface area contributed by atoms with Crippen LogP contribution >= 0.6 is 0 Å². The third-order valence-electron chi connectivity index (χ3n) is 5.35. The maximum atomic E-state index is 13.1. The fourth-order valence-electron chi connectivity index (χ4n) is 3.49. The van der Waals surface area contributed by atoms with E-state index >= 15 is 0 Å². The molecular weight excluding hydrogens is 417 g/mol. The average Bonchev–Trinajstić information content (AvgIpc) is 3.59. The second kappa shape index (κ2) is 9.10. The molecule has 1 aliphatic rings. The number of rotatable bonds is 8. The molecule has 2 atom stereocenters. The molecule has 168 valence electrons. The van der Waals surface area contributed by atoms with E-state index in [1.165, 1.54) is 12.1 Å². The van der Waals surface area contributed by atoms with E-state index in [2.05, 4.69) is 37.5 Å². The van der Waals surface area contributed by atoms with Crippen molar-refractivity contribution >= 4 is 11.9 Å². The topological polar surface area (TPSA) is 75.6 Å². The Bertz CT molecular complexity index is 1050. The van der Waals surface area contributed by atoms with Gasteiger partial charge in [-0.05, 0) is 56.7 Å². The Labute approximate surface area is 184 Å². The van der Waals surface area contributed by atoms with Crippen molar-refractivity contribution in [3.05, 3.63) is 59.8 Å². The lowest BCUT2D eigenvalue weighted by molar-refractivity contribution is -0.141. The van der Waals surface area contributed by atoms with Crippen molar-refractivity contribution in [1.82, 2.24) is 19.9 Å². The summed E-state index contributed by atoms with van der Waals surface area (Å²) in [5.74, 6) is 1.26. The number of halogens is 3. The highest BCUT2D eigenvalue weighted by Gasteiger charge is 2.33. The van der Waals surface area contributed by atoms with Gasteiger partial charge in [0.2, 0.25) is 11.9 Å². The standard InChI is InChI=1S/C23H25F3N6/c1-14(13-16-7-4-3-5-8-16)27-21-30-20(18-9-6-10-19(29-18)23(24,25)26)31-22(32-21)28-15(2)17-11-12-17/h3-10,14-15,17H,11-13H2,1-2H3,(H2,27,28,30,31,32)/t14?,15-/m1/s1. The highest BCUT2D eigenvalue weighted by molar-refractivity contribution is 5.54. The van der Waals surface area contributed by atoms with E-state index in [9.17, 15) is 13.2 Å². The fraction of sp³-hybridized carbons (Fsp3) is 0.391. The van der Waals surface area contributed by atoms with Crippen LogP contribution in [0.4, 0.5) is 25.1 Å². The molecule has 2 heterocycles. The molecule has 6 nitrogen and oxygen atoms in total. The van der Waals surface area contributed by atoms with Gasteiger partial charge in [0.15, 0.2) is 5.82 Å². The maximum Gasteiger partial charge on any atom is 0.433 e. The number of hydrogen-bond donors (Lipinski definition) is 2. The van der Waals surface area contributed by atoms with Crippen molar-refractivity contribution in [1.29, 1.82) is 0 Å². The SMILES string of the molecule is CC(Cc1ccccc1)Nc1nc(N[C@H](C)C2CC2)nc(-c2cccc(C(F)(F)F)n2)n1. The first-order valence-corrected chi connectivity index (χ1v) is 10.7. The molecular formula is C23H25F3N6. The molecule has 1 aromatic carbocycles. The smallest absolute Gasteiger partial charge is 0.351 e. The fourth-order valence-corrected chi connectivity index (χ4v) is 3.49. The molecule has 1 saturated carbocycles. The number of alkyl halides is 3. The summed E-state index contributed by atoms with van der Waals surface area (Å²) in [6, 6.07) is 13.8. The van der Waals surface area contributed by atoms with Crippen molar-refractivity contribution in [2.24, 2.45) is 5.92 Å². The molecule has 0 saturated heterocycles. The summed E-state index contributed by atoms with van der Waals surface area (Å²) in [5.41, 5.74) is 0.216. The second-order valence-electron chi connectivity index (χ2n) is 8.22. The number of benzene rings is 1. The van der Waals surface area contributed by atoms with Gasteiger partial charge >= 0.3 is 6.18 Å². The van der Waals surface area contributed by atoms with Crippen LogP contribution in [-0.4, -0.2) is 32.0 Å². The molecule has 3 aromatic rings. The van der Waals surface area contributed by atoms with Crippen LogP contribution in [0.1, 0.15) is 37.9 Å². The van der Waals surface area contributed by atoms with E-state index < -0.39 is 11.9 Å². The highest BCUT2D eigenvalue weighted by atomic mass is 19.4. The third kappa shape index (κ3) is 5.72. The molecule has 32 heavy (non-hydrogen) atoms. The first kappa shape index (κ1) is 22.0. The third-order valence-corrected chi connectivity index (χ3v) is 5.35. The van der Waals surface area contributed by atoms with Crippen LogP contribution in [0.15, 0.2) is 48.5 Å². The van der Waals surface area contributed by atoms with Crippen molar-refractivity contribution in [2.45, 2.75) is 51.4 Å². The summed E-state index contributed by atoms with van der Waals surface area (Å²) >= 11 is 0. The quantitative estimate of drug-likeness (QED) is 0.499. The van der Waals surface area contributed by atoms with Gasteiger partial charge in [-0.15, -0.1) is 0 Å². The maximum absolute atomic E-state index is 13.1. The number of pyridine rings is 1. The van der Waals surface area contributed by atoms with Crippen LogP contribution in [0.2, 0.25) is 0 Å². The summed E-state index contributed by atoms with van der Waals surface area (Å²) in [4.78, 5) is 16.9. The number of hydrogen-bond acceptors (Lipinski definition) is 6. The molecule has 0 radical (unpaired) electrons. The first-order valence-electron chi connectivity index (χ1n) is 10.7. The number of anilines is 2. The zero-order valence-electron chi connectivity index (χ0n) is 17.9. The zero-order chi connectivity index (χ0) is 22.7. The van der Waals surface area contributed by atoms with E-state index in [0.29, 0.717) is 17.8 Å². The molecule has 9 heteroatoms. The molecule has 1 aliphatic carbocycles. The Morgan fingerprint density at radius 1 is 0.875 bits per heavy atom. The number of nitrogens with one attached hydrogen (secondary N) is 2. The lowest BCUT2D eigenvalue weighted by atomic mass is 10.1. The molecule has 1 fully saturated rings. The second-order valence-corrected chi connectivity index (χ2v) is 8.22. The Morgan fingerprint density at radius 2 is 1.56 bits per heavy atom. The van der Waals surface area contributed by atoms with Crippen LogP contribution in [-0.2, 0) is 12.6 Å². The van der Waals surface area contributed by atoms with Crippen molar-refractivity contribution < 1.29 is 13.2 Å². The molecule has 0 spiro atoms. The molecule has 0 amide bonds. The van der Waals surface area contributed by atoms with Crippen LogP contribution in [0.25, 0.3) is 11.5 Å². The summed E-state index contributed by atoms with van der Waals surface area (Å²) < 4.78 is 39.4. The van der Waals surface area contributed by atoms with Gasteiger partial charge in [0.25, 0.3) is 0 Å². The average molecular weight is 442 g/mol. The van der Waals surface area contributed by atoms with Crippen LogP contribution in [0.5, 0.6) is 0 Å². The Hall–Kier alpha value is -3.23. The molecule has 2 N–H and O–H groups in total. The van der Waals surface area contributed by atoms with Crippen LogP contribution in [0, 0.1) is 5.92 Å². The van der Waals surface area contributed by atoms with Gasteiger partial charge in [-0.2, -0.15) is 28.1 Å². The first-order chi connectivity index (χ1) is 15.3. The normalized spacial score (nSPS) is 15.8. The van der Waals surface area contributed by atoms with Gasteiger partial charge in [0, 0.05) is 12.1 Å². The minimum absolute atomic E-state index is 0.00387. The van der Waals surface area contributed by atoms with Crippen molar-refractivity contribution in [2.75, 3.05) is 10.6 Å². The van der Waals surface area contributed by atoms with Gasteiger partial charge in [-0.3, -0.25) is 0 Å². The van der Waals surface area contributed by atoms with Gasteiger partial charge in [-0.25, -0.2) is 4.98 Å². The zero-order valence-corrected chi connectivity index (χ0v) is 17.9. The molecule has 1 unspecified atom stereocenters. The minimum Gasteiger partial charge on any atom is -0.351 e. The van der Waals surface area contributed by atoms with Gasteiger partial charge in [0.1, 0.15) is 11.4 Å². The summed E-state index contributed by atoms with van der Waals surface area (Å²) in [5, 5.41) is 6.52. The van der Waals surface area contributed by atoms with E-state index in [-0.39, 0.29) is 23.6 Å². The minimum atomic E-state index is -4.55. The van der Waals surface area contributed by atoms with Crippen LogP contribution in [0.3, 0.4) is 0 Å². The highest BCUT2D eigenvalue weighted by Crippen LogP contribution is 2.34. The van der Waals surface area contributed by atoms with E-state index in [4.69, 9.17) is 0 Å². The molecule has 4 rings (SSSR count). The van der Waals surface area contributed by atoms with E-state index in [0.717, 1.165) is 30.9 Å². The lowest BCUT2D eigenvalue weighted by Crippen LogP contribution is -2.23. The lowest BCUT2D eigenvalue weighted by Gasteiger charge is -2.17. The number of aromatic nitrogens is 4. The molecule has 0 aliphatic heterocycles. The van der Waals surface area contributed by atoms with Gasteiger partial charge in [-0.1, -0.05) is 36.4 Å². The van der Waals surface area contributed by atoms with E-state index in [1.54, 1.807) is 0 Å². The van der Waals surface area contributed by atoms with E-state index in [1.807, 2.05) is 37.3 Å². The van der Waals surface area contributed by atoms with Gasteiger partial charge < -0.3 is 10.6 Å². The molecule has 2 aromatic heterocycles. The summed E-state index contributed by atoms with van der Waals surface area (Å²) in [6.07, 6.45) is -1.53. The Balaban J connectivity index is 1.62.